The molecule has 2 rings (SSSR count). The van der Waals surface area contributed by atoms with E-state index in [2.05, 4.69) is 4.99 Å². The van der Waals surface area contributed by atoms with Crippen LogP contribution in [0.1, 0.15) is 12.0 Å². The number of carbonyl (C=O) groups is 1. The highest BCUT2D eigenvalue weighted by Gasteiger charge is 2.12. The topological polar surface area (TPSA) is 29.4 Å². The summed E-state index contributed by atoms with van der Waals surface area (Å²) >= 11 is 1.02. The number of hydrogen-bond acceptors (Lipinski definition) is 3. The Bertz CT molecular complexity index is 485. The molecule has 1 aromatic rings. The first-order chi connectivity index (χ1) is 7.77. The Morgan fingerprint density at radius 2 is 2.44 bits per heavy atom. The SMILES string of the molecule is O=C(Cc1ccsc1F)C1=CCC=NC=C1. The van der Waals surface area contributed by atoms with Gasteiger partial charge in [-0.3, -0.25) is 9.79 Å². The fourth-order valence-electron chi connectivity index (χ4n) is 1.42. The van der Waals surface area contributed by atoms with Gasteiger partial charge in [-0.25, -0.2) is 0 Å². The van der Waals surface area contributed by atoms with Crippen molar-refractivity contribution in [2.45, 2.75) is 12.8 Å². The highest BCUT2D eigenvalue weighted by atomic mass is 32.1. The van der Waals surface area contributed by atoms with Crippen molar-refractivity contribution >= 4 is 23.3 Å². The number of aliphatic imine (C=N–C) groups is 1. The minimum absolute atomic E-state index is 0.0703. The molecule has 0 spiro atoms. The summed E-state index contributed by atoms with van der Waals surface area (Å²) in [5.41, 5.74) is 1.07. The monoisotopic (exact) mass is 235 g/mol. The van der Waals surface area contributed by atoms with Crippen molar-refractivity contribution < 1.29 is 9.18 Å². The Morgan fingerprint density at radius 1 is 1.56 bits per heavy atom. The molecular formula is C12H10FNOS. The number of nitrogens with zero attached hydrogens (tertiary/aromatic N) is 1. The summed E-state index contributed by atoms with van der Waals surface area (Å²) in [5.74, 6) is -0.0703. The molecule has 1 aromatic heterocycles. The van der Waals surface area contributed by atoms with Gasteiger partial charge in [-0.15, -0.1) is 11.3 Å². The molecule has 1 aliphatic heterocycles. The van der Waals surface area contributed by atoms with Crippen LogP contribution in [0.5, 0.6) is 0 Å². The first-order valence-corrected chi connectivity index (χ1v) is 5.79. The van der Waals surface area contributed by atoms with E-state index in [1.165, 1.54) is 0 Å². The molecule has 4 heteroatoms. The van der Waals surface area contributed by atoms with Crippen LogP contribution in [0.25, 0.3) is 0 Å². The predicted octanol–water partition coefficient (Wildman–Crippen LogP) is 2.91. The second kappa shape index (κ2) is 4.99. The standard InChI is InChI=1S/C12H10FNOS/c13-12-10(4-7-16-12)8-11(15)9-2-1-5-14-6-3-9/h2-7H,1,8H2. The van der Waals surface area contributed by atoms with Crippen LogP contribution >= 0.6 is 11.3 Å². The van der Waals surface area contributed by atoms with E-state index in [1.807, 2.05) is 0 Å². The Labute approximate surface area is 96.8 Å². The fourth-order valence-corrected chi connectivity index (χ4v) is 2.06. The van der Waals surface area contributed by atoms with Crippen LogP contribution < -0.4 is 0 Å². The molecule has 0 unspecified atom stereocenters. The summed E-state index contributed by atoms with van der Waals surface area (Å²) in [4.78, 5) is 15.8. The van der Waals surface area contributed by atoms with E-state index in [0.717, 1.165) is 11.3 Å². The molecule has 1 aliphatic rings. The summed E-state index contributed by atoms with van der Waals surface area (Å²) in [7, 11) is 0. The van der Waals surface area contributed by atoms with Crippen LogP contribution in [-0.2, 0) is 11.2 Å². The zero-order chi connectivity index (χ0) is 11.4. The number of thiophene rings is 1. The first kappa shape index (κ1) is 11.0. The lowest BCUT2D eigenvalue weighted by atomic mass is 10.0. The van der Waals surface area contributed by atoms with Gasteiger partial charge in [-0.2, -0.15) is 4.39 Å². The maximum Gasteiger partial charge on any atom is 0.180 e. The molecular weight excluding hydrogens is 225 g/mol. The molecule has 16 heavy (non-hydrogen) atoms. The number of carbonyl (C=O) groups excluding carboxylic acids is 1. The summed E-state index contributed by atoms with van der Waals surface area (Å²) in [6.07, 6.45) is 7.53. The normalized spacial score (nSPS) is 14.7. The molecule has 0 atom stereocenters. The first-order valence-electron chi connectivity index (χ1n) is 4.91. The summed E-state index contributed by atoms with van der Waals surface area (Å²) < 4.78 is 13.2. The van der Waals surface area contributed by atoms with Crippen molar-refractivity contribution in [1.29, 1.82) is 0 Å². The van der Waals surface area contributed by atoms with Gasteiger partial charge >= 0.3 is 0 Å². The quantitative estimate of drug-likeness (QED) is 0.792. The van der Waals surface area contributed by atoms with Gasteiger partial charge in [0.25, 0.3) is 0 Å². The minimum atomic E-state index is -0.275. The predicted molar refractivity (Wildman–Crippen MR) is 63.3 cm³/mol. The molecule has 2 nitrogen and oxygen atoms in total. The van der Waals surface area contributed by atoms with Crippen molar-refractivity contribution in [3.63, 3.8) is 0 Å². The van der Waals surface area contributed by atoms with E-state index in [0.29, 0.717) is 17.6 Å². The number of Topliss-reactive ketones (excluding diaryl/α,β-unsaturated/α-hetero) is 1. The molecule has 0 aliphatic carbocycles. The largest absolute Gasteiger partial charge is 0.294 e. The van der Waals surface area contributed by atoms with Gasteiger partial charge < -0.3 is 0 Å². The summed E-state index contributed by atoms with van der Waals surface area (Å²) in [6.45, 7) is 0. The highest BCUT2D eigenvalue weighted by molar-refractivity contribution is 7.08. The Kier molecular flexibility index (Phi) is 3.41. The molecule has 0 saturated heterocycles. The zero-order valence-electron chi connectivity index (χ0n) is 8.52. The molecule has 0 radical (unpaired) electrons. The van der Waals surface area contributed by atoms with Crippen LogP contribution in [-0.4, -0.2) is 12.0 Å². The maximum atomic E-state index is 13.2. The van der Waals surface area contributed by atoms with Crippen molar-refractivity contribution in [3.05, 3.63) is 46.1 Å². The average Bonchev–Trinajstić information content (AvgIpc) is 2.57. The van der Waals surface area contributed by atoms with E-state index in [9.17, 15) is 9.18 Å². The van der Waals surface area contributed by atoms with Gasteiger partial charge in [-0.05, 0) is 17.5 Å². The van der Waals surface area contributed by atoms with Gasteiger partial charge in [0.1, 0.15) is 0 Å². The van der Waals surface area contributed by atoms with Crippen LogP contribution in [0.15, 0.2) is 40.4 Å². The third-order valence-electron chi connectivity index (χ3n) is 2.25. The van der Waals surface area contributed by atoms with Crippen LogP contribution in [0.3, 0.4) is 0 Å². The van der Waals surface area contributed by atoms with Crippen LogP contribution in [0.2, 0.25) is 0 Å². The van der Waals surface area contributed by atoms with Gasteiger partial charge in [0.15, 0.2) is 10.9 Å². The van der Waals surface area contributed by atoms with Gasteiger partial charge in [0.2, 0.25) is 0 Å². The number of rotatable bonds is 3. The Hall–Kier alpha value is -1.55. The van der Waals surface area contributed by atoms with Crippen molar-refractivity contribution in [2.24, 2.45) is 4.99 Å². The van der Waals surface area contributed by atoms with E-state index < -0.39 is 0 Å². The second-order valence-corrected chi connectivity index (χ2v) is 4.23. The second-order valence-electron chi connectivity index (χ2n) is 3.36. The van der Waals surface area contributed by atoms with Crippen molar-refractivity contribution in [1.82, 2.24) is 0 Å². The van der Waals surface area contributed by atoms with Crippen LogP contribution in [0, 0.1) is 5.13 Å². The third kappa shape index (κ3) is 2.52. The van der Waals surface area contributed by atoms with Crippen LogP contribution in [0.4, 0.5) is 4.39 Å². The molecule has 0 N–H and O–H groups in total. The lowest BCUT2D eigenvalue weighted by Crippen LogP contribution is -2.05. The fraction of sp³-hybridized carbons (Fsp3) is 0.167. The molecule has 2 heterocycles. The van der Waals surface area contributed by atoms with E-state index in [4.69, 9.17) is 0 Å². The number of hydrogen-bond donors (Lipinski definition) is 0. The lowest BCUT2D eigenvalue weighted by Gasteiger charge is -1.99. The van der Waals surface area contributed by atoms with Gasteiger partial charge in [-0.1, -0.05) is 6.08 Å². The van der Waals surface area contributed by atoms with Gasteiger partial charge in [0, 0.05) is 36.4 Å². The zero-order valence-corrected chi connectivity index (χ0v) is 9.34. The number of halogens is 1. The van der Waals surface area contributed by atoms with E-state index in [1.54, 1.807) is 36.0 Å². The molecule has 0 amide bonds. The Morgan fingerprint density at radius 3 is 3.19 bits per heavy atom. The average molecular weight is 235 g/mol. The lowest BCUT2D eigenvalue weighted by molar-refractivity contribution is -0.114. The molecule has 0 bridgehead atoms. The summed E-state index contributed by atoms with van der Waals surface area (Å²) in [5, 5.41) is 1.38. The van der Waals surface area contributed by atoms with E-state index in [-0.39, 0.29) is 17.3 Å². The summed E-state index contributed by atoms with van der Waals surface area (Å²) in [6, 6.07) is 1.65. The smallest absolute Gasteiger partial charge is 0.180 e. The molecule has 0 fully saturated rings. The Balaban J connectivity index is 2.09. The number of allylic oxidation sites excluding steroid dienone is 3. The number of ketones is 1. The van der Waals surface area contributed by atoms with E-state index >= 15 is 0 Å². The minimum Gasteiger partial charge on any atom is -0.294 e. The molecule has 0 aromatic carbocycles. The maximum absolute atomic E-state index is 13.2. The van der Waals surface area contributed by atoms with Gasteiger partial charge in [0.05, 0.1) is 0 Å². The highest BCUT2D eigenvalue weighted by Crippen LogP contribution is 2.17. The van der Waals surface area contributed by atoms with Crippen molar-refractivity contribution in [3.8, 4) is 0 Å². The molecule has 82 valence electrons. The third-order valence-corrected chi connectivity index (χ3v) is 3.00. The molecule has 0 saturated carbocycles. The van der Waals surface area contributed by atoms with Crippen molar-refractivity contribution in [2.75, 3.05) is 0 Å².